The van der Waals surface area contributed by atoms with E-state index in [0.717, 1.165) is 18.5 Å². The number of carbonyl (C=O) groups is 2. The highest BCUT2D eigenvalue weighted by molar-refractivity contribution is 5.95. The molecule has 212 valence electrons. The molecule has 0 heterocycles. The van der Waals surface area contributed by atoms with Crippen LogP contribution in [0.1, 0.15) is 146 Å². The zero-order valence-electron chi connectivity index (χ0n) is 24.1. The zero-order chi connectivity index (χ0) is 26.8. The van der Waals surface area contributed by atoms with Crippen LogP contribution in [0.4, 0.5) is 5.69 Å². The van der Waals surface area contributed by atoms with Crippen molar-refractivity contribution in [2.24, 2.45) is 0 Å². The molecule has 5 heteroatoms. The van der Waals surface area contributed by atoms with Crippen LogP contribution in [0.3, 0.4) is 0 Å². The van der Waals surface area contributed by atoms with Gasteiger partial charge < -0.3 is 15.4 Å². The van der Waals surface area contributed by atoms with E-state index in [2.05, 4.69) is 17.6 Å². The Morgan fingerprint density at radius 2 is 1.08 bits per heavy atom. The summed E-state index contributed by atoms with van der Waals surface area (Å²) in [4.78, 5) is 24.2. The van der Waals surface area contributed by atoms with Gasteiger partial charge in [0.2, 0.25) is 5.91 Å². The van der Waals surface area contributed by atoms with Crippen LogP contribution in [0.25, 0.3) is 0 Å². The van der Waals surface area contributed by atoms with Gasteiger partial charge in [0.1, 0.15) is 0 Å². The van der Waals surface area contributed by atoms with Gasteiger partial charge in [-0.2, -0.15) is 0 Å². The molecule has 1 aromatic carbocycles. The fraction of sp³-hybridized carbons (Fsp3) is 0.750. The van der Waals surface area contributed by atoms with Crippen LogP contribution in [-0.2, 0) is 9.53 Å². The number of amides is 2. The Labute approximate surface area is 227 Å². The van der Waals surface area contributed by atoms with Gasteiger partial charge in [-0.15, -0.1) is 0 Å². The summed E-state index contributed by atoms with van der Waals surface area (Å²) in [5, 5.41) is 5.71. The van der Waals surface area contributed by atoms with Crippen LogP contribution < -0.4 is 10.6 Å². The normalized spacial score (nSPS) is 11.0. The van der Waals surface area contributed by atoms with Gasteiger partial charge in [-0.3, -0.25) is 9.59 Å². The molecule has 2 amide bonds. The molecule has 37 heavy (non-hydrogen) atoms. The van der Waals surface area contributed by atoms with Crippen LogP contribution in [0, 0.1) is 0 Å². The Hall–Kier alpha value is -1.88. The largest absolute Gasteiger partial charge is 0.383 e. The molecule has 5 nitrogen and oxygen atoms in total. The summed E-state index contributed by atoms with van der Waals surface area (Å²) in [5.74, 6) is -0.0896. The van der Waals surface area contributed by atoms with Crippen LogP contribution >= 0.6 is 0 Å². The average Bonchev–Trinajstić information content (AvgIpc) is 2.90. The van der Waals surface area contributed by atoms with Crippen LogP contribution in [0.2, 0.25) is 0 Å². The Morgan fingerprint density at radius 1 is 0.649 bits per heavy atom. The summed E-state index contributed by atoms with van der Waals surface area (Å²) in [7, 11) is 1.60. The van der Waals surface area contributed by atoms with Crippen molar-refractivity contribution < 1.29 is 14.3 Å². The molecule has 0 saturated heterocycles. The van der Waals surface area contributed by atoms with Crippen molar-refractivity contribution in [1.29, 1.82) is 0 Å². The Bertz CT molecular complexity index is 675. The van der Waals surface area contributed by atoms with Crippen LogP contribution in [0.15, 0.2) is 24.3 Å². The monoisotopic (exact) mass is 516 g/mol. The third-order valence-electron chi connectivity index (χ3n) is 7.03. The van der Waals surface area contributed by atoms with Gasteiger partial charge in [0.15, 0.2) is 0 Å². The molecule has 2 N–H and O–H groups in total. The molecule has 0 radical (unpaired) electrons. The highest BCUT2D eigenvalue weighted by atomic mass is 16.5. The molecule has 0 aliphatic rings. The molecule has 0 spiro atoms. The van der Waals surface area contributed by atoms with Crippen molar-refractivity contribution in [2.75, 3.05) is 25.6 Å². The van der Waals surface area contributed by atoms with E-state index < -0.39 is 0 Å². The fourth-order valence-corrected chi connectivity index (χ4v) is 4.66. The molecule has 0 saturated carbocycles. The molecule has 1 aromatic rings. The van der Waals surface area contributed by atoms with Gasteiger partial charge >= 0.3 is 0 Å². The number of carbonyl (C=O) groups excluding carboxylic acids is 2. The smallest absolute Gasteiger partial charge is 0.251 e. The first-order chi connectivity index (χ1) is 18.2. The van der Waals surface area contributed by atoms with E-state index >= 15 is 0 Å². The minimum Gasteiger partial charge on any atom is -0.383 e. The predicted molar refractivity (Wildman–Crippen MR) is 157 cm³/mol. The summed E-state index contributed by atoms with van der Waals surface area (Å²) >= 11 is 0. The van der Waals surface area contributed by atoms with Gasteiger partial charge in [0, 0.05) is 31.3 Å². The summed E-state index contributed by atoms with van der Waals surface area (Å²) in [6.45, 7) is 3.25. The number of anilines is 1. The Morgan fingerprint density at radius 3 is 1.51 bits per heavy atom. The van der Waals surface area contributed by atoms with E-state index in [9.17, 15) is 9.59 Å². The molecule has 0 atom stereocenters. The zero-order valence-corrected chi connectivity index (χ0v) is 24.1. The lowest BCUT2D eigenvalue weighted by atomic mass is 10.0. The predicted octanol–water partition coefficient (Wildman–Crippen LogP) is 8.82. The second-order valence-electron chi connectivity index (χ2n) is 10.5. The topological polar surface area (TPSA) is 67.4 Å². The molecular formula is C32H56N2O3. The number of hydrogen-bond acceptors (Lipinski definition) is 3. The maximum Gasteiger partial charge on any atom is 0.251 e. The van der Waals surface area contributed by atoms with Crippen molar-refractivity contribution in [2.45, 2.75) is 135 Å². The van der Waals surface area contributed by atoms with E-state index in [4.69, 9.17) is 4.74 Å². The van der Waals surface area contributed by atoms with Crippen LogP contribution in [-0.4, -0.2) is 32.1 Å². The quantitative estimate of drug-likeness (QED) is 0.128. The fourth-order valence-electron chi connectivity index (χ4n) is 4.66. The molecule has 0 unspecified atom stereocenters. The maximum atomic E-state index is 12.2. The molecule has 0 aliphatic heterocycles. The molecule has 1 rings (SSSR count). The number of unbranched alkanes of at least 4 members (excludes halogenated alkanes) is 18. The molecule has 0 fully saturated rings. The summed E-state index contributed by atoms with van der Waals surface area (Å²) in [6.07, 6.45) is 26.3. The van der Waals surface area contributed by atoms with E-state index in [-0.39, 0.29) is 11.8 Å². The number of ether oxygens (including phenoxy) is 1. The third-order valence-corrected chi connectivity index (χ3v) is 7.03. The van der Waals surface area contributed by atoms with Crippen LogP contribution in [0.5, 0.6) is 0 Å². The lowest BCUT2D eigenvalue weighted by molar-refractivity contribution is -0.116. The Balaban J connectivity index is 1.88. The second kappa shape index (κ2) is 24.5. The first-order valence-corrected chi connectivity index (χ1v) is 15.3. The molecule has 0 aliphatic carbocycles. The summed E-state index contributed by atoms with van der Waals surface area (Å²) < 4.78 is 4.93. The van der Waals surface area contributed by atoms with Crippen molar-refractivity contribution in [1.82, 2.24) is 5.32 Å². The molecule has 0 aromatic heterocycles. The van der Waals surface area contributed by atoms with Crippen molar-refractivity contribution in [3.63, 3.8) is 0 Å². The standard InChI is InChI=1S/C32H56N2O3/c1-3-4-5-6-7-8-9-10-11-12-13-14-15-16-17-18-19-20-21-22-31(35)34-30-25-23-29(24-26-30)32(36)33-27-28-37-2/h23-26H,3-22,27-28H2,1-2H3,(H,33,36)(H,34,35). The van der Waals surface area contributed by atoms with Crippen molar-refractivity contribution in [3.05, 3.63) is 29.8 Å². The number of rotatable bonds is 25. The molecular weight excluding hydrogens is 460 g/mol. The van der Waals surface area contributed by atoms with Crippen molar-refractivity contribution >= 4 is 17.5 Å². The number of methoxy groups -OCH3 is 1. The average molecular weight is 517 g/mol. The number of hydrogen-bond donors (Lipinski definition) is 2. The SMILES string of the molecule is CCCCCCCCCCCCCCCCCCCCCC(=O)Nc1ccc(C(=O)NCCOC)cc1. The van der Waals surface area contributed by atoms with Crippen molar-refractivity contribution in [3.8, 4) is 0 Å². The second-order valence-corrected chi connectivity index (χ2v) is 10.5. The van der Waals surface area contributed by atoms with Gasteiger partial charge in [-0.1, -0.05) is 122 Å². The van der Waals surface area contributed by atoms with E-state index in [1.165, 1.54) is 109 Å². The number of nitrogens with one attached hydrogen (secondary N) is 2. The van der Waals surface area contributed by atoms with E-state index in [1.807, 2.05) is 0 Å². The third kappa shape index (κ3) is 19.8. The van der Waals surface area contributed by atoms with Gasteiger partial charge in [0.05, 0.1) is 6.61 Å². The minimum atomic E-state index is -0.135. The van der Waals surface area contributed by atoms with E-state index in [0.29, 0.717) is 25.1 Å². The minimum absolute atomic E-state index is 0.0456. The lowest BCUT2D eigenvalue weighted by Gasteiger charge is -2.07. The number of benzene rings is 1. The highest BCUT2D eigenvalue weighted by Crippen LogP contribution is 2.15. The maximum absolute atomic E-state index is 12.2. The Kier molecular flexibility index (Phi) is 21.9. The van der Waals surface area contributed by atoms with Gasteiger partial charge in [-0.05, 0) is 30.7 Å². The summed E-state index contributed by atoms with van der Waals surface area (Å²) in [6, 6.07) is 7.02. The first kappa shape index (κ1) is 33.1. The molecule has 0 bridgehead atoms. The van der Waals surface area contributed by atoms with Gasteiger partial charge in [0.25, 0.3) is 5.91 Å². The van der Waals surface area contributed by atoms with E-state index in [1.54, 1.807) is 31.4 Å². The first-order valence-electron chi connectivity index (χ1n) is 15.3. The van der Waals surface area contributed by atoms with Gasteiger partial charge in [-0.25, -0.2) is 0 Å². The highest BCUT2D eigenvalue weighted by Gasteiger charge is 2.06. The summed E-state index contributed by atoms with van der Waals surface area (Å²) in [5.41, 5.74) is 1.31. The lowest BCUT2D eigenvalue weighted by Crippen LogP contribution is -2.26.